The van der Waals surface area contributed by atoms with E-state index in [4.69, 9.17) is 5.73 Å². The van der Waals surface area contributed by atoms with Crippen molar-refractivity contribution >= 4 is 0 Å². The Labute approximate surface area is 42.9 Å². The summed E-state index contributed by atoms with van der Waals surface area (Å²) in [6.07, 6.45) is 0.851. The summed E-state index contributed by atoms with van der Waals surface area (Å²) < 4.78 is 11.2. The molecule has 0 aromatic heterocycles. The van der Waals surface area contributed by atoms with Crippen LogP contribution in [0, 0.1) is 0 Å². The molecule has 0 aliphatic carbocycles. The van der Waals surface area contributed by atoms with Crippen LogP contribution < -0.4 is 11.1 Å². The monoisotopic (exact) mass is 106 g/mol. The van der Waals surface area contributed by atoms with Crippen molar-refractivity contribution in [2.45, 2.75) is 6.42 Å². The van der Waals surface area contributed by atoms with Crippen molar-refractivity contribution in [3.8, 4) is 0 Å². The van der Waals surface area contributed by atoms with E-state index in [-0.39, 0.29) is 0 Å². The molecule has 0 unspecified atom stereocenters. The number of nitrogens with one attached hydrogen (secondary N) is 1. The summed E-state index contributed by atoms with van der Waals surface area (Å²) in [5.74, 6) is 0. The molecule has 0 aliphatic rings. The Bertz CT molecular complexity index is 28.9. The van der Waals surface area contributed by atoms with Crippen LogP contribution in [0.5, 0.6) is 0 Å². The molecule has 0 fully saturated rings. The highest BCUT2D eigenvalue weighted by Gasteiger charge is 1.79. The Morgan fingerprint density at radius 3 is 2.71 bits per heavy atom. The second-order valence-corrected chi connectivity index (χ2v) is 1.28. The first-order chi connectivity index (χ1) is 3.41. The third-order valence-electron chi connectivity index (χ3n) is 0.652. The largest absolute Gasteiger partial charge is 0.330 e. The van der Waals surface area contributed by atoms with Gasteiger partial charge in [-0.25, -0.2) is 4.39 Å². The summed E-state index contributed by atoms with van der Waals surface area (Å²) in [6, 6.07) is 0. The third-order valence-corrected chi connectivity index (χ3v) is 0.652. The van der Waals surface area contributed by atoms with Crippen LogP contribution in [0.1, 0.15) is 6.42 Å². The van der Waals surface area contributed by atoms with Gasteiger partial charge in [-0.1, -0.05) is 0 Å². The maximum Gasteiger partial charge on any atom is 0.140 e. The zero-order valence-electron chi connectivity index (χ0n) is 4.28. The minimum atomic E-state index is -0.444. The van der Waals surface area contributed by atoms with Crippen molar-refractivity contribution in [3.05, 3.63) is 0 Å². The molecule has 0 amide bonds. The SMILES string of the molecule is NCCCNCF. The Morgan fingerprint density at radius 1 is 1.57 bits per heavy atom. The summed E-state index contributed by atoms with van der Waals surface area (Å²) in [4.78, 5) is 0. The number of alkyl halides is 1. The normalized spacial score (nSPS) is 9.43. The van der Waals surface area contributed by atoms with Crippen LogP contribution in [0.25, 0.3) is 0 Å². The molecule has 0 saturated heterocycles. The first-order valence-electron chi connectivity index (χ1n) is 2.38. The molecule has 0 aromatic carbocycles. The summed E-state index contributed by atoms with van der Waals surface area (Å²) in [5, 5.41) is 2.50. The molecule has 0 atom stereocenters. The van der Waals surface area contributed by atoms with Gasteiger partial charge in [0.05, 0.1) is 0 Å². The first kappa shape index (κ1) is 6.85. The molecule has 0 aliphatic heterocycles. The highest BCUT2D eigenvalue weighted by atomic mass is 19.1. The third kappa shape index (κ3) is 5.85. The van der Waals surface area contributed by atoms with Gasteiger partial charge in [-0.2, -0.15) is 0 Å². The second kappa shape index (κ2) is 5.85. The molecule has 3 N–H and O–H groups in total. The minimum Gasteiger partial charge on any atom is -0.330 e. The molecule has 0 spiro atoms. The van der Waals surface area contributed by atoms with Crippen LogP contribution >= 0.6 is 0 Å². The molecule has 3 heteroatoms. The van der Waals surface area contributed by atoms with Crippen LogP contribution in [0.2, 0.25) is 0 Å². The zero-order valence-corrected chi connectivity index (χ0v) is 4.28. The average molecular weight is 106 g/mol. The summed E-state index contributed by atoms with van der Waals surface area (Å²) in [6.45, 7) is 0.875. The summed E-state index contributed by atoms with van der Waals surface area (Å²) in [7, 11) is 0. The fourth-order valence-electron chi connectivity index (χ4n) is 0.294. The van der Waals surface area contributed by atoms with Crippen LogP contribution in [0.3, 0.4) is 0 Å². The topological polar surface area (TPSA) is 38.0 Å². The molecular weight excluding hydrogens is 95.1 g/mol. The molecule has 0 aromatic rings. The van der Waals surface area contributed by atoms with Gasteiger partial charge < -0.3 is 5.73 Å². The molecule has 0 bridgehead atoms. The number of nitrogens with two attached hydrogens (primary N) is 1. The highest BCUT2D eigenvalue weighted by Crippen LogP contribution is 1.67. The number of halogens is 1. The van der Waals surface area contributed by atoms with Crippen LogP contribution in [-0.2, 0) is 0 Å². The van der Waals surface area contributed by atoms with E-state index in [0.717, 1.165) is 6.42 Å². The Morgan fingerprint density at radius 2 is 2.29 bits per heavy atom. The number of rotatable bonds is 4. The van der Waals surface area contributed by atoms with E-state index in [9.17, 15) is 4.39 Å². The maximum atomic E-state index is 11.2. The number of hydrogen-bond acceptors (Lipinski definition) is 2. The van der Waals surface area contributed by atoms with Gasteiger partial charge in [0.2, 0.25) is 0 Å². The van der Waals surface area contributed by atoms with Gasteiger partial charge in [0.1, 0.15) is 6.80 Å². The van der Waals surface area contributed by atoms with Gasteiger partial charge >= 0.3 is 0 Å². The van der Waals surface area contributed by atoms with Crippen molar-refractivity contribution in [1.82, 2.24) is 5.32 Å². The van der Waals surface area contributed by atoms with E-state index in [1.807, 2.05) is 0 Å². The highest BCUT2D eigenvalue weighted by molar-refractivity contribution is 4.40. The van der Waals surface area contributed by atoms with Crippen molar-refractivity contribution in [1.29, 1.82) is 0 Å². The van der Waals surface area contributed by atoms with Gasteiger partial charge in [-0.05, 0) is 19.5 Å². The lowest BCUT2D eigenvalue weighted by Gasteiger charge is -1.93. The predicted octanol–water partition coefficient (Wildman–Crippen LogP) is -0.148. The lowest BCUT2D eigenvalue weighted by atomic mass is 10.4. The molecule has 7 heavy (non-hydrogen) atoms. The van der Waals surface area contributed by atoms with E-state index in [0.29, 0.717) is 13.1 Å². The van der Waals surface area contributed by atoms with Crippen LogP contribution in [0.15, 0.2) is 0 Å². The summed E-state index contributed by atoms with van der Waals surface area (Å²) >= 11 is 0. The van der Waals surface area contributed by atoms with E-state index in [1.54, 1.807) is 0 Å². The van der Waals surface area contributed by atoms with Gasteiger partial charge in [0.15, 0.2) is 0 Å². The zero-order chi connectivity index (χ0) is 5.54. The Hall–Kier alpha value is -0.150. The quantitative estimate of drug-likeness (QED) is 0.386. The second-order valence-electron chi connectivity index (χ2n) is 1.28. The van der Waals surface area contributed by atoms with Crippen molar-refractivity contribution in [2.75, 3.05) is 19.9 Å². The smallest absolute Gasteiger partial charge is 0.140 e. The van der Waals surface area contributed by atoms with E-state index < -0.39 is 6.80 Å². The predicted molar refractivity (Wildman–Crippen MR) is 27.6 cm³/mol. The molecule has 0 rings (SSSR count). The van der Waals surface area contributed by atoms with E-state index in [1.165, 1.54) is 0 Å². The molecule has 0 heterocycles. The van der Waals surface area contributed by atoms with Crippen molar-refractivity contribution < 1.29 is 4.39 Å². The van der Waals surface area contributed by atoms with Crippen LogP contribution in [-0.4, -0.2) is 19.9 Å². The lowest BCUT2D eigenvalue weighted by molar-refractivity contribution is 0.424. The van der Waals surface area contributed by atoms with Gasteiger partial charge in [-0.15, -0.1) is 0 Å². The standard InChI is InChI=1S/C4H11FN2/c5-4-7-3-1-2-6/h7H,1-4,6H2. The Kier molecular flexibility index (Phi) is 5.72. The Balaban J connectivity index is 2.45. The first-order valence-corrected chi connectivity index (χ1v) is 2.38. The molecule has 2 nitrogen and oxygen atoms in total. The molecule has 44 valence electrons. The van der Waals surface area contributed by atoms with E-state index in [2.05, 4.69) is 5.32 Å². The molecule has 0 saturated carbocycles. The fraction of sp³-hybridized carbons (Fsp3) is 1.00. The average Bonchev–Trinajstić information content (AvgIpc) is 1.69. The van der Waals surface area contributed by atoms with Gasteiger partial charge in [-0.3, -0.25) is 5.32 Å². The fourth-order valence-corrected chi connectivity index (χ4v) is 0.294. The van der Waals surface area contributed by atoms with Crippen molar-refractivity contribution in [2.24, 2.45) is 5.73 Å². The van der Waals surface area contributed by atoms with Crippen molar-refractivity contribution in [3.63, 3.8) is 0 Å². The summed E-state index contributed by atoms with van der Waals surface area (Å²) in [5.41, 5.74) is 5.11. The molecular formula is C4H11FN2. The van der Waals surface area contributed by atoms with Crippen LogP contribution in [0.4, 0.5) is 4.39 Å². The molecule has 0 radical (unpaired) electrons. The maximum absolute atomic E-state index is 11.2. The van der Waals surface area contributed by atoms with E-state index >= 15 is 0 Å². The number of hydrogen-bond donors (Lipinski definition) is 2. The van der Waals surface area contributed by atoms with Gasteiger partial charge in [0.25, 0.3) is 0 Å². The lowest BCUT2D eigenvalue weighted by Crippen LogP contribution is -2.16. The van der Waals surface area contributed by atoms with Gasteiger partial charge in [0, 0.05) is 0 Å². The minimum absolute atomic E-state index is 0.444.